The van der Waals surface area contributed by atoms with E-state index in [1.807, 2.05) is 0 Å². The van der Waals surface area contributed by atoms with E-state index in [9.17, 15) is 14.4 Å². The molecule has 73 heavy (non-hydrogen) atoms. The van der Waals surface area contributed by atoms with Crippen LogP contribution in [0.5, 0.6) is 0 Å². The minimum atomic E-state index is -0.771. The van der Waals surface area contributed by atoms with Crippen molar-refractivity contribution in [1.29, 1.82) is 0 Å². The Morgan fingerprint density at radius 1 is 0.274 bits per heavy atom. The first-order chi connectivity index (χ1) is 36.0. The molecule has 0 rings (SSSR count). The zero-order chi connectivity index (χ0) is 52.9. The maximum atomic E-state index is 12.9. The largest absolute Gasteiger partial charge is 0.462 e. The number of hydrogen-bond acceptors (Lipinski definition) is 6. The molecule has 0 aromatic rings. The first-order valence-corrected chi connectivity index (χ1v) is 32.8. The van der Waals surface area contributed by atoms with Crippen LogP contribution in [-0.4, -0.2) is 37.2 Å². The number of carbonyl (C=O) groups excluding carboxylic acids is 3. The van der Waals surface area contributed by atoms with Gasteiger partial charge in [-0.25, -0.2) is 0 Å². The molecule has 0 saturated carbocycles. The summed E-state index contributed by atoms with van der Waals surface area (Å²) in [6, 6.07) is 0. The molecular formula is C67H126O6. The lowest BCUT2D eigenvalue weighted by Crippen LogP contribution is -2.30. The van der Waals surface area contributed by atoms with Gasteiger partial charge in [0.1, 0.15) is 13.2 Å². The van der Waals surface area contributed by atoms with Crippen molar-refractivity contribution in [3.05, 3.63) is 24.3 Å². The van der Waals surface area contributed by atoms with E-state index in [2.05, 4.69) is 45.1 Å². The molecule has 0 fully saturated rings. The molecule has 0 aliphatic rings. The van der Waals surface area contributed by atoms with Crippen molar-refractivity contribution in [2.45, 2.75) is 374 Å². The van der Waals surface area contributed by atoms with Gasteiger partial charge in [0.15, 0.2) is 6.10 Å². The topological polar surface area (TPSA) is 78.9 Å². The third-order valence-electron chi connectivity index (χ3n) is 15.0. The lowest BCUT2D eigenvalue weighted by Gasteiger charge is -2.18. The Labute approximate surface area is 455 Å². The summed E-state index contributed by atoms with van der Waals surface area (Å²) in [6.45, 7) is 6.66. The molecule has 0 spiro atoms. The van der Waals surface area contributed by atoms with Gasteiger partial charge in [0.25, 0.3) is 0 Å². The van der Waals surface area contributed by atoms with Crippen molar-refractivity contribution in [1.82, 2.24) is 0 Å². The fourth-order valence-electron chi connectivity index (χ4n) is 10.0. The normalized spacial score (nSPS) is 12.1. The first-order valence-electron chi connectivity index (χ1n) is 32.8. The molecule has 0 amide bonds. The van der Waals surface area contributed by atoms with Crippen LogP contribution in [0.2, 0.25) is 0 Å². The summed E-state index contributed by atoms with van der Waals surface area (Å²) in [6.07, 6.45) is 74.9. The Hall–Kier alpha value is -2.11. The van der Waals surface area contributed by atoms with Crippen molar-refractivity contribution in [2.24, 2.45) is 0 Å². The highest BCUT2D eigenvalue weighted by atomic mass is 16.6. The Morgan fingerprint density at radius 3 is 0.781 bits per heavy atom. The van der Waals surface area contributed by atoms with Crippen LogP contribution in [-0.2, 0) is 28.6 Å². The minimum Gasteiger partial charge on any atom is -0.462 e. The van der Waals surface area contributed by atoms with Crippen molar-refractivity contribution < 1.29 is 28.6 Å². The number of rotatable bonds is 61. The Morgan fingerprint density at radius 2 is 0.493 bits per heavy atom. The summed E-state index contributed by atoms with van der Waals surface area (Å²) < 4.78 is 16.9. The fourth-order valence-corrected chi connectivity index (χ4v) is 10.0. The predicted octanol–water partition coefficient (Wildman–Crippen LogP) is 22.2. The minimum absolute atomic E-state index is 0.0689. The van der Waals surface area contributed by atoms with E-state index >= 15 is 0 Å². The van der Waals surface area contributed by atoms with E-state index in [0.29, 0.717) is 19.3 Å². The third-order valence-corrected chi connectivity index (χ3v) is 15.0. The second kappa shape index (κ2) is 62.4. The van der Waals surface area contributed by atoms with E-state index in [-0.39, 0.29) is 31.1 Å². The maximum Gasteiger partial charge on any atom is 0.306 e. The molecule has 0 radical (unpaired) electrons. The SMILES string of the molecule is CCCCC/C=C\C/C=C\CCCCCCCCCC(=O)OC(COC(=O)CCCCCCCCCCCC)COC(=O)CCCCCCCCCCCCCCCCCCCCCCCCCCCCCC. The highest BCUT2D eigenvalue weighted by molar-refractivity contribution is 5.71. The van der Waals surface area contributed by atoms with Gasteiger partial charge in [-0.3, -0.25) is 14.4 Å². The van der Waals surface area contributed by atoms with Crippen molar-refractivity contribution in [2.75, 3.05) is 13.2 Å². The molecule has 0 heterocycles. The molecule has 0 aromatic heterocycles. The van der Waals surface area contributed by atoms with Crippen LogP contribution in [0.15, 0.2) is 24.3 Å². The van der Waals surface area contributed by atoms with Crippen molar-refractivity contribution in [3.8, 4) is 0 Å². The third kappa shape index (κ3) is 60.6. The second-order valence-corrected chi connectivity index (χ2v) is 22.4. The molecule has 430 valence electrons. The van der Waals surface area contributed by atoms with E-state index < -0.39 is 6.10 Å². The quantitative estimate of drug-likeness (QED) is 0.0261. The van der Waals surface area contributed by atoms with E-state index in [4.69, 9.17) is 14.2 Å². The van der Waals surface area contributed by atoms with Crippen LogP contribution in [0.1, 0.15) is 367 Å². The summed E-state index contributed by atoms with van der Waals surface area (Å²) in [4.78, 5) is 38.2. The average Bonchev–Trinajstić information content (AvgIpc) is 3.39. The van der Waals surface area contributed by atoms with Crippen molar-refractivity contribution >= 4 is 17.9 Å². The first kappa shape index (κ1) is 70.9. The zero-order valence-electron chi connectivity index (χ0n) is 49.4. The van der Waals surface area contributed by atoms with E-state index in [0.717, 1.165) is 70.6 Å². The van der Waals surface area contributed by atoms with Crippen LogP contribution in [0.4, 0.5) is 0 Å². The molecule has 0 aromatic carbocycles. The lowest BCUT2D eigenvalue weighted by molar-refractivity contribution is -0.167. The Bertz CT molecular complexity index is 1180. The zero-order valence-corrected chi connectivity index (χ0v) is 49.4. The van der Waals surface area contributed by atoms with Crippen LogP contribution in [0.25, 0.3) is 0 Å². The fraction of sp³-hybridized carbons (Fsp3) is 0.896. The van der Waals surface area contributed by atoms with E-state index in [1.54, 1.807) is 0 Å². The summed E-state index contributed by atoms with van der Waals surface area (Å²) in [5, 5.41) is 0. The van der Waals surface area contributed by atoms with Crippen LogP contribution >= 0.6 is 0 Å². The Balaban J connectivity index is 4.11. The maximum absolute atomic E-state index is 12.9. The molecule has 0 N–H and O–H groups in total. The van der Waals surface area contributed by atoms with Gasteiger partial charge in [-0.05, 0) is 51.4 Å². The van der Waals surface area contributed by atoms with Crippen LogP contribution < -0.4 is 0 Å². The Kier molecular flexibility index (Phi) is 60.6. The van der Waals surface area contributed by atoms with E-state index in [1.165, 1.54) is 257 Å². The van der Waals surface area contributed by atoms with Gasteiger partial charge in [-0.1, -0.05) is 321 Å². The predicted molar refractivity (Wildman–Crippen MR) is 316 cm³/mol. The van der Waals surface area contributed by atoms with Crippen LogP contribution in [0.3, 0.4) is 0 Å². The van der Waals surface area contributed by atoms with Crippen LogP contribution in [0, 0.1) is 0 Å². The lowest BCUT2D eigenvalue weighted by atomic mass is 10.0. The summed E-state index contributed by atoms with van der Waals surface area (Å²) in [5.74, 6) is -0.854. The number of esters is 3. The molecule has 0 bridgehead atoms. The molecular weight excluding hydrogens is 901 g/mol. The standard InChI is InChI=1S/C67H126O6/c1-4-7-10-13-16-19-22-24-26-28-29-30-31-32-33-34-35-36-37-38-40-41-43-45-48-51-54-57-60-66(69)72-63-64(62-71-65(68)59-56-53-50-47-21-18-15-12-9-6-3)73-67(70)61-58-55-52-49-46-44-42-39-27-25-23-20-17-14-11-8-5-2/h17,20,25,27,64H,4-16,18-19,21-24,26,28-63H2,1-3H3/b20-17-,27-25-. The number of ether oxygens (including phenoxy) is 3. The van der Waals surface area contributed by atoms with Gasteiger partial charge < -0.3 is 14.2 Å². The summed E-state index contributed by atoms with van der Waals surface area (Å²) in [7, 11) is 0. The molecule has 0 aliphatic heterocycles. The second-order valence-electron chi connectivity index (χ2n) is 22.4. The number of hydrogen-bond donors (Lipinski definition) is 0. The van der Waals surface area contributed by atoms with Gasteiger partial charge in [0, 0.05) is 19.3 Å². The molecule has 6 heteroatoms. The number of allylic oxidation sites excluding steroid dienone is 4. The van der Waals surface area contributed by atoms with Gasteiger partial charge >= 0.3 is 17.9 Å². The molecule has 0 aliphatic carbocycles. The highest BCUT2D eigenvalue weighted by Gasteiger charge is 2.19. The smallest absolute Gasteiger partial charge is 0.306 e. The van der Waals surface area contributed by atoms with Gasteiger partial charge in [0.05, 0.1) is 0 Å². The number of unbranched alkanes of at least 4 members (excludes halogenated alkanes) is 46. The molecule has 1 atom stereocenters. The molecule has 0 saturated heterocycles. The summed E-state index contributed by atoms with van der Waals surface area (Å²) in [5.41, 5.74) is 0. The van der Waals surface area contributed by atoms with Gasteiger partial charge in [0.2, 0.25) is 0 Å². The van der Waals surface area contributed by atoms with Crippen molar-refractivity contribution in [3.63, 3.8) is 0 Å². The van der Waals surface area contributed by atoms with Gasteiger partial charge in [-0.2, -0.15) is 0 Å². The monoisotopic (exact) mass is 1030 g/mol. The van der Waals surface area contributed by atoms with Gasteiger partial charge in [-0.15, -0.1) is 0 Å². The molecule has 6 nitrogen and oxygen atoms in total. The highest BCUT2D eigenvalue weighted by Crippen LogP contribution is 2.18. The summed E-state index contributed by atoms with van der Waals surface area (Å²) >= 11 is 0. The average molecular weight is 1030 g/mol. The molecule has 1 unspecified atom stereocenters. The number of carbonyl (C=O) groups is 3.